The summed E-state index contributed by atoms with van der Waals surface area (Å²) in [6.07, 6.45) is 16.5. The first-order chi connectivity index (χ1) is 11.4. The summed E-state index contributed by atoms with van der Waals surface area (Å²) < 4.78 is 0. The maximum absolute atomic E-state index is 4.62. The first-order valence-corrected chi connectivity index (χ1v) is 7.85. The van der Waals surface area contributed by atoms with Gasteiger partial charge in [0.05, 0.1) is 18.3 Å². The highest BCUT2D eigenvalue weighted by molar-refractivity contribution is 6.16. The largest absolute Gasteiger partial charge is 0.318 e. The minimum atomic E-state index is -0.0221. The fraction of sp³-hybridized carbons (Fsp3) is 0.353. The number of aliphatic imine (C=N–C) groups is 4. The zero-order valence-electron chi connectivity index (χ0n) is 12.7. The van der Waals surface area contributed by atoms with Crippen molar-refractivity contribution in [3.05, 3.63) is 42.2 Å². The van der Waals surface area contributed by atoms with Gasteiger partial charge >= 0.3 is 0 Å². The standard InChI is InChI=1S/C17H18N6/c1-2-6-22-16(5-1)23-12-19-10-13(14-4-3-7-20-14)17(23)15-11-18-8-9-21-15/h1-4,6,8-10,14-16,20H,5,7,11H2. The molecular formula is C17H18N6. The average molecular weight is 306 g/mol. The SMILES string of the molecule is [C]1N=CC(C2C=CCN2)=C(C2CN=CC=N2)N1C1CC=CC=N1. The van der Waals surface area contributed by atoms with Crippen molar-refractivity contribution in [2.24, 2.45) is 20.0 Å². The molecule has 4 aliphatic rings. The van der Waals surface area contributed by atoms with Crippen LogP contribution in [0.4, 0.5) is 0 Å². The molecule has 0 aliphatic carbocycles. The van der Waals surface area contributed by atoms with Crippen LogP contribution in [0.2, 0.25) is 0 Å². The summed E-state index contributed by atoms with van der Waals surface area (Å²) >= 11 is 0. The van der Waals surface area contributed by atoms with E-state index in [1.807, 2.05) is 23.4 Å². The third kappa shape index (κ3) is 2.82. The van der Waals surface area contributed by atoms with Crippen molar-refractivity contribution < 1.29 is 0 Å². The Kier molecular flexibility index (Phi) is 3.98. The van der Waals surface area contributed by atoms with Gasteiger partial charge in [0.15, 0.2) is 0 Å². The third-order valence-corrected chi connectivity index (χ3v) is 4.20. The minimum absolute atomic E-state index is 0.0195. The molecule has 0 aromatic rings. The monoisotopic (exact) mass is 306 g/mol. The molecule has 6 nitrogen and oxygen atoms in total. The smallest absolute Gasteiger partial charge is 0.230 e. The van der Waals surface area contributed by atoms with Crippen molar-refractivity contribution in [3.8, 4) is 0 Å². The first kappa shape index (κ1) is 14.3. The summed E-state index contributed by atoms with van der Waals surface area (Å²) in [6, 6.07) is 0.133. The number of rotatable bonds is 3. The predicted octanol–water partition coefficient (Wildman–Crippen LogP) is 1.03. The normalized spacial score (nSPS) is 32.3. The Labute approximate surface area is 135 Å². The fourth-order valence-corrected chi connectivity index (χ4v) is 3.12. The van der Waals surface area contributed by atoms with Gasteiger partial charge in [-0.2, -0.15) is 0 Å². The second-order valence-corrected chi connectivity index (χ2v) is 5.65. The summed E-state index contributed by atoms with van der Waals surface area (Å²) in [7, 11) is 0. The molecule has 4 aliphatic heterocycles. The minimum Gasteiger partial charge on any atom is -0.318 e. The molecule has 1 N–H and O–H groups in total. The summed E-state index contributed by atoms with van der Waals surface area (Å²) in [4.78, 5) is 19.9. The Balaban J connectivity index is 1.73. The number of nitrogens with zero attached hydrogens (tertiary/aromatic N) is 5. The van der Waals surface area contributed by atoms with Gasteiger partial charge in [-0.15, -0.1) is 0 Å². The van der Waals surface area contributed by atoms with Crippen LogP contribution >= 0.6 is 0 Å². The molecule has 6 heteroatoms. The van der Waals surface area contributed by atoms with Crippen molar-refractivity contribution in [1.29, 1.82) is 0 Å². The van der Waals surface area contributed by atoms with Gasteiger partial charge in [-0.05, 0) is 6.08 Å². The summed E-state index contributed by atoms with van der Waals surface area (Å²) in [6.45, 7) is 4.63. The molecule has 4 heterocycles. The zero-order chi connectivity index (χ0) is 15.5. The molecule has 0 amide bonds. The van der Waals surface area contributed by atoms with Crippen LogP contribution in [0, 0.1) is 6.67 Å². The third-order valence-electron chi connectivity index (χ3n) is 4.20. The van der Waals surface area contributed by atoms with Gasteiger partial charge in [-0.25, -0.2) is 0 Å². The molecule has 0 saturated heterocycles. The lowest BCUT2D eigenvalue weighted by Gasteiger charge is -2.37. The van der Waals surface area contributed by atoms with Gasteiger partial charge in [0, 0.05) is 43.4 Å². The van der Waals surface area contributed by atoms with E-state index in [-0.39, 0.29) is 18.2 Å². The van der Waals surface area contributed by atoms with Crippen LogP contribution in [0.25, 0.3) is 0 Å². The maximum Gasteiger partial charge on any atom is 0.230 e. The number of nitrogens with one attached hydrogen (secondary N) is 1. The van der Waals surface area contributed by atoms with Crippen molar-refractivity contribution in [2.45, 2.75) is 24.7 Å². The highest BCUT2D eigenvalue weighted by Gasteiger charge is 2.33. The molecule has 0 aromatic heterocycles. The van der Waals surface area contributed by atoms with Crippen molar-refractivity contribution in [1.82, 2.24) is 10.2 Å². The summed E-state index contributed by atoms with van der Waals surface area (Å²) in [5.74, 6) is 0. The molecule has 4 rings (SSSR count). The van der Waals surface area contributed by atoms with Crippen molar-refractivity contribution in [2.75, 3.05) is 13.1 Å². The van der Waals surface area contributed by atoms with Crippen LogP contribution in [0.15, 0.2) is 55.5 Å². The van der Waals surface area contributed by atoms with Gasteiger partial charge in [0.2, 0.25) is 6.67 Å². The molecule has 3 unspecified atom stereocenters. The molecule has 23 heavy (non-hydrogen) atoms. The summed E-state index contributed by atoms with van der Waals surface area (Å²) in [5.41, 5.74) is 2.22. The molecule has 0 bridgehead atoms. The van der Waals surface area contributed by atoms with Crippen LogP contribution in [0.5, 0.6) is 0 Å². The Bertz CT molecular complexity index is 667. The fourth-order valence-electron chi connectivity index (χ4n) is 3.12. The van der Waals surface area contributed by atoms with Gasteiger partial charge in [-0.3, -0.25) is 20.0 Å². The van der Waals surface area contributed by atoms with E-state index in [4.69, 9.17) is 0 Å². The molecule has 116 valence electrons. The van der Waals surface area contributed by atoms with Gasteiger partial charge in [0.1, 0.15) is 12.2 Å². The Morgan fingerprint density at radius 3 is 2.91 bits per heavy atom. The lowest BCUT2D eigenvalue weighted by Crippen LogP contribution is -2.42. The second kappa shape index (κ2) is 6.42. The van der Waals surface area contributed by atoms with E-state index in [2.05, 4.69) is 50.2 Å². The van der Waals surface area contributed by atoms with Crippen LogP contribution in [0.3, 0.4) is 0 Å². The lowest BCUT2D eigenvalue weighted by atomic mass is 9.98. The van der Waals surface area contributed by atoms with E-state index < -0.39 is 0 Å². The van der Waals surface area contributed by atoms with Gasteiger partial charge < -0.3 is 10.2 Å². The maximum atomic E-state index is 4.62. The topological polar surface area (TPSA) is 64.7 Å². The molecular weight excluding hydrogens is 288 g/mol. The summed E-state index contributed by atoms with van der Waals surface area (Å²) in [5, 5.41) is 3.46. The van der Waals surface area contributed by atoms with Crippen LogP contribution in [-0.4, -0.2) is 61.1 Å². The first-order valence-electron chi connectivity index (χ1n) is 7.85. The molecule has 0 saturated carbocycles. The highest BCUT2D eigenvalue weighted by atomic mass is 15.3. The predicted molar refractivity (Wildman–Crippen MR) is 93.2 cm³/mol. The van der Waals surface area contributed by atoms with Crippen LogP contribution in [-0.2, 0) is 0 Å². The second-order valence-electron chi connectivity index (χ2n) is 5.65. The van der Waals surface area contributed by atoms with E-state index in [1.54, 1.807) is 12.4 Å². The lowest BCUT2D eigenvalue weighted by molar-refractivity contribution is 0.288. The number of hydrogen-bond donors (Lipinski definition) is 1. The van der Waals surface area contributed by atoms with E-state index in [1.165, 1.54) is 0 Å². The van der Waals surface area contributed by atoms with Crippen molar-refractivity contribution in [3.63, 3.8) is 0 Å². The molecule has 0 aromatic carbocycles. The molecule has 0 spiro atoms. The quantitative estimate of drug-likeness (QED) is 0.792. The zero-order valence-corrected chi connectivity index (χ0v) is 12.7. The van der Waals surface area contributed by atoms with Gasteiger partial charge in [0.25, 0.3) is 0 Å². The number of hydrogen-bond acceptors (Lipinski definition) is 6. The molecule has 3 atom stereocenters. The van der Waals surface area contributed by atoms with E-state index >= 15 is 0 Å². The van der Waals surface area contributed by atoms with Crippen LogP contribution in [0.1, 0.15) is 6.42 Å². The van der Waals surface area contributed by atoms with Crippen molar-refractivity contribution >= 4 is 24.9 Å². The van der Waals surface area contributed by atoms with E-state index in [9.17, 15) is 0 Å². The number of allylic oxidation sites excluding steroid dienone is 1. The van der Waals surface area contributed by atoms with E-state index in [0.717, 1.165) is 24.2 Å². The Hall–Kier alpha value is -2.34. The molecule has 2 radical (unpaired) electrons. The Morgan fingerprint density at radius 2 is 2.17 bits per heavy atom. The highest BCUT2D eigenvalue weighted by Crippen LogP contribution is 2.30. The van der Waals surface area contributed by atoms with Crippen LogP contribution < -0.4 is 5.32 Å². The average Bonchev–Trinajstić information content (AvgIpc) is 3.17. The molecule has 0 fully saturated rings. The van der Waals surface area contributed by atoms with Gasteiger partial charge in [-0.1, -0.05) is 18.2 Å². The number of dihydropyridines is 1. The Morgan fingerprint density at radius 1 is 1.17 bits per heavy atom. The van der Waals surface area contributed by atoms with E-state index in [0.29, 0.717) is 6.54 Å².